The summed E-state index contributed by atoms with van der Waals surface area (Å²) < 4.78 is 13.0. The maximum atomic E-state index is 14.0. The van der Waals surface area contributed by atoms with Crippen LogP contribution in [0.5, 0.6) is 5.75 Å². The van der Waals surface area contributed by atoms with Gasteiger partial charge in [-0.25, -0.2) is 4.68 Å². The van der Waals surface area contributed by atoms with Gasteiger partial charge < -0.3 is 19.4 Å². The number of ether oxygens (including phenoxy) is 1. The summed E-state index contributed by atoms with van der Waals surface area (Å²) in [5.41, 5.74) is 1.71. The minimum absolute atomic E-state index is 0.101. The highest BCUT2D eigenvalue weighted by atomic mass is 16.5. The summed E-state index contributed by atoms with van der Waals surface area (Å²) in [6.45, 7) is 7.73. The molecule has 0 aliphatic carbocycles. The summed E-state index contributed by atoms with van der Waals surface area (Å²) in [7, 11) is 1.58. The Balaban J connectivity index is 1.78. The standard InChI is InChI=1S/C28H33N5O4/c1-6-28(3,4)29-27(35)26(24-16-15-19(2)37-24)32(17-20-11-7-10-14-23(20)36-5)25(34)18-33-22-13-9-8-12-21(22)30-31-33/h7-16,26H,6,17-18H2,1-5H3,(H,29,35)/t26-/m1/s1. The third kappa shape index (κ3) is 5.82. The lowest BCUT2D eigenvalue weighted by molar-refractivity contribution is -0.143. The first-order valence-corrected chi connectivity index (χ1v) is 12.3. The molecule has 2 amide bonds. The van der Waals surface area contributed by atoms with Gasteiger partial charge >= 0.3 is 0 Å². The van der Waals surface area contributed by atoms with E-state index < -0.39 is 11.6 Å². The van der Waals surface area contributed by atoms with Crippen LogP contribution in [0.2, 0.25) is 0 Å². The molecular weight excluding hydrogens is 470 g/mol. The van der Waals surface area contributed by atoms with Gasteiger partial charge in [0, 0.05) is 11.1 Å². The van der Waals surface area contributed by atoms with E-state index in [0.29, 0.717) is 29.2 Å². The van der Waals surface area contributed by atoms with Gasteiger partial charge in [0.15, 0.2) is 6.04 Å². The topological polar surface area (TPSA) is 102 Å². The molecule has 0 aliphatic rings. The first-order valence-electron chi connectivity index (χ1n) is 12.3. The van der Waals surface area contributed by atoms with Crippen LogP contribution in [0.25, 0.3) is 11.0 Å². The number of aromatic nitrogens is 3. The quantitative estimate of drug-likeness (QED) is 0.344. The first-order chi connectivity index (χ1) is 17.7. The average molecular weight is 504 g/mol. The van der Waals surface area contributed by atoms with E-state index >= 15 is 0 Å². The Morgan fingerprint density at radius 3 is 2.54 bits per heavy atom. The number of benzene rings is 2. The molecule has 2 aromatic heterocycles. The number of fused-ring (bicyclic) bond motifs is 1. The van der Waals surface area contributed by atoms with Crippen molar-refractivity contribution >= 4 is 22.8 Å². The smallest absolute Gasteiger partial charge is 0.251 e. The minimum Gasteiger partial charge on any atom is -0.496 e. The Hall–Kier alpha value is -4.14. The van der Waals surface area contributed by atoms with Crippen molar-refractivity contribution in [1.82, 2.24) is 25.2 Å². The van der Waals surface area contributed by atoms with Gasteiger partial charge in [-0.1, -0.05) is 42.5 Å². The number of hydrogen-bond donors (Lipinski definition) is 1. The van der Waals surface area contributed by atoms with E-state index in [4.69, 9.17) is 9.15 Å². The number of rotatable bonds is 10. The van der Waals surface area contributed by atoms with Gasteiger partial charge in [-0.3, -0.25) is 9.59 Å². The normalized spacial score (nSPS) is 12.4. The fraction of sp³-hybridized carbons (Fsp3) is 0.357. The Labute approximate surface area is 216 Å². The molecule has 2 heterocycles. The molecule has 0 fully saturated rings. The molecule has 9 heteroatoms. The zero-order chi connectivity index (χ0) is 26.6. The van der Waals surface area contributed by atoms with Crippen LogP contribution in [0.3, 0.4) is 0 Å². The number of carbonyl (C=O) groups excluding carboxylic acids is 2. The van der Waals surface area contributed by atoms with E-state index in [-0.39, 0.29) is 24.9 Å². The van der Waals surface area contributed by atoms with Crippen molar-refractivity contribution < 1.29 is 18.7 Å². The van der Waals surface area contributed by atoms with Crippen molar-refractivity contribution in [2.45, 2.75) is 58.8 Å². The largest absolute Gasteiger partial charge is 0.496 e. The number of hydrogen-bond acceptors (Lipinski definition) is 6. The van der Waals surface area contributed by atoms with Crippen LogP contribution in [0.1, 0.15) is 50.3 Å². The van der Waals surface area contributed by atoms with Crippen molar-refractivity contribution in [1.29, 1.82) is 0 Å². The molecule has 1 atom stereocenters. The first kappa shape index (κ1) is 25.9. The Morgan fingerprint density at radius 2 is 1.84 bits per heavy atom. The lowest BCUT2D eigenvalue weighted by Gasteiger charge is -2.33. The van der Waals surface area contributed by atoms with E-state index in [1.165, 1.54) is 4.90 Å². The van der Waals surface area contributed by atoms with Crippen molar-refractivity contribution in [3.05, 3.63) is 77.7 Å². The Bertz CT molecular complexity index is 1390. The number of aryl methyl sites for hydroxylation is 1. The average Bonchev–Trinajstić information content (AvgIpc) is 3.49. The molecule has 0 saturated heterocycles. The molecule has 0 unspecified atom stereocenters. The highest BCUT2D eigenvalue weighted by Crippen LogP contribution is 2.29. The van der Waals surface area contributed by atoms with Crippen LogP contribution in [-0.2, 0) is 22.7 Å². The molecule has 194 valence electrons. The van der Waals surface area contributed by atoms with Crippen LogP contribution in [0.15, 0.2) is 65.1 Å². The van der Waals surface area contributed by atoms with Crippen LogP contribution in [0.4, 0.5) is 0 Å². The number of carbonyl (C=O) groups is 2. The van der Waals surface area contributed by atoms with E-state index in [9.17, 15) is 9.59 Å². The second kappa shape index (κ2) is 10.9. The van der Waals surface area contributed by atoms with Crippen LogP contribution >= 0.6 is 0 Å². The molecular formula is C28H33N5O4. The summed E-state index contributed by atoms with van der Waals surface area (Å²) >= 11 is 0. The third-order valence-corrected chi connectivity index (χ3v) is 6.49. The molecule has 9 nitrogen and oxygen atoms in total. The molecule has 0 spiro atoms. The predicted molar refractivity (Wildman–Crippen MR) is 140 cm³/mol. The number of para-hydroxylation sites is 2. The Kier molecular flexibility index (Phi) is 7.61. The van der Waals surface area contributed by atoms with Gasteiger partial charge in [-0.05, 0) is 57.5 Å². The second-order valence-corrected chi connectivity index (χ2v) is 9.65. The number of amides is 2. The van der Waals surface area contributed by atoms with E-state index in [2.05, 4.69) is 15.6 Å². The number of nitrogens with zero attached hydrogens (tertiary/aromatic N) is 4. The minimum atomic E-state index is -1.01. The SMILES string of the molecule is CCC(C)(C)NC(=O)[C@@H](c1ccc(C)o1)N(Cc1ccccc1OC)C(=O)Cn1nnc2ccccc21. The Morgan fingerprint density at radius 1 is 1.11 bits per heavy atom. The van der Waals surface area contributed by atoms with E-state index in [1.807, 2.05) is 76.2 Å². The zero-order valence-electron chi connectivity index (χ0n) is 21.9. The molecule has 2 aromatic carbocycles. The van der Waals surface area contributed by atoms with Crippen molar-refractivity contribution in [2.24, 2.45) is 0 Å². The van der Waals surface area contributed by atoms with E-state index in [1.54, 1.807) is 23.9 Å². The molecule has 4 aromatic rings. The van der Waals surface area contributed by atoms with Crippen molar-refractivity contribution in [3.63, 3.8) is 0 Å². The summed E-state index contributed by atoms with van der Waals surface area (Å²) in [5, 5.41) is 11.4. The summed E-state index contributed by atoms with van der Waals surface area (Å²) in [4.78, 5) is 29.3. The fourth-order valence-electron chi connectivity index (χ4n) is 4.11. The predicted octanol–water partition coefficient (Wildman–Crippen LogP) is 4.42. The highest BCUT2D eigenvalue weighted by Gasteiger charge is 2.36. The van der Waals surface area contributed by atoms with Gasteiger partial charge in [0.2, 0.25) is 5.91 Å². The van der Waals surface area contributed by atoms with Gasteiger partial charge in [-0.2, -0.15) is 0 Å². The lowest BCUT2D eigenvalue weighted by atomic mass is 10.0. The van der Waals surface area contributed by atoms with Gasteiger partial charge in [-0.15, -0.1) is 5.10 Å². The van der Waals surface area contributed by atoms with Crippen LogP contribution in [0, 0.1) is 6.92 Å². The van der Waals surface area contributed by atoms with Crippen LogP contribution < -0.4 is 10.1 Å². The molecule has 0 radical (unpaired) electrons. The molecule has 0 bridgehead atoms. The zero-order valence-corrected chi connectivity index (χ0v) is 21.9. The number of nitrogens with one attached hydrogen (secondary N) is 1. The van der Waals surface area contributed by atoms with Gasteiger partial charge in [0.05, 0.1) is 19.2 Å². The van der Waals surface area contributed by atoms with Gasteiger partial charge in [0.1, 0.15) is 29.3 Å². The maximum Gasteiger partial charge on any atom is 0.251 e. The monoisotopic (exact) mass is 503 g/mol. The fourth-order valence-corrected chi connectivity index (χ4v) is 4.11. The van der Waals surface area contributed by atoms with Crippen molar-refractivity contribution in [3.8, 4) is 5.75 Å². The van der Waals surface area contributed by atoms with Crippen molar-refractivity contribution in [2.75, 3.05) is 7.11 Å². The lowest BCUT2D eigenvalue weighted by Crippen LogP contribution is -2.50. The molecule has 0 saturated carbocycles. The van der Waals surface area contributed by atoms with Gasteiger partial charge in [0.25, 0.3) is 5.91 Å². The van der Waals surface area contributed by atoms with E-state index in [0.717, 1.165) is 11.1 Å². The molecule has 1 N–H and O–H groups in total. The molecule has 37 heavy (non-hydrogen) atoms. The molecule has 4 rings (SSSR count). The molecule has 0 aliphatic heterocycles. The van der Waals surface area contributed by atoms with Crippen LogP contribution in [-0.4, -0.2) is 44.4 Å². The number of furan rings is 1. The summed E-state index contributed by atoms with van der Waals surface area (Å²) in [6, 6.07) is 17.4. The second-order valence-electron chi connectivity index (χ2n) is 9.65. The maximum absolute atomic E-state index is 14.0. The summed E-state index contributed by atoms with van der Waals surface area (Å²) in [5.74, 6) is 1.01. The third-order valence-electron chi connectivity index (χ3n) is 6.49. The highest BCUT2D eigenvalue weighted by molar-refractivity contribution is 5.89. The number of methoxy groups -OCH3 is 1. The summed E-state index contributed by atoms with van der Waals surface area (Å²) in [6.07, 6.45) is 0.716.